The fourth-order valence-corrected chi connectivity index (χ4v) is 4.58. The maximum atomic E-state index is 4.68. The highest BCUT2D eigenvalue weighted by atomic mass is 15.1. The second kappa shape index (κ2) is 7.23. The number of fused-ring (bicyclic) bond motifs is 2. The molecule has 2 atom stereocenters. The number of aryl methyl sites for hydroxylation is 1. The zero-order valence-electron chi connectivity index (χ0n) is 16.2. The van der Waals surface area contributed by atoms with Gasteiger partial charge in [-0.3, -0.25) is 0 Å². The molecule has 0 bridgehead atoms. The van der Waals surface area contributed by atoms with Crippen LogP contribution in [0.4, 0.5) is 5.82 Å². The molecule has 3 heterocycles. The van der Waals surface area contributed by atoms with Gasteiger partial charge in [-0.25, -0.2) is 15.0 Å². The van der Waals surface area contributed by atoms with Gasteiger partial charge in [0.05, 0.1) is 5.52 Å². The Morgan fingerprint density at radius 2 is 2.04 bits per heavy atom. The monoisotopic (exact) mass is 371 g/mol. The molecule has 1 aliphatic carbocycles. The highest BCUT2D eigenvalue weighted by Gasteiger charge is 2.26. The Balaban J connectivity index is 1.26. The maximum absolute atomic E-state index is 4.68. The molecule has 5 heteroatoms. The van der Waals surface area contributed by atoms with Crippen LogP contribution in [0.5, 0.6) is 0 Å². The molecular weight excluding hydrogens is 346 g/mol. The van der Waals surface area contributed by atoms with Crippen LogP contribution in [-0.2, 0) is 6.42 Å². The minimum Gasteiger partial charge on any atom is -0.373 e. The fraction of sp³-hybridized carbons (Fsp3) is 0.348. The molecule has 0 aliphatic heterocycles. The van der Waals surface area contributed by atoms with E-state index in [0.29, 0.717) is 6.04 Å². The third-order valence-corrected chi connectivity index (χ3v) is 6.14. The maximum Gasteiger partial charge on any atom is 0.143 e. The number of hydrogen-bond acceptors (Lipinski definition) is 4. The molecule has 4 aromatic rings. The van der Waals surface area contributed by atoms with E-state index in [-0.39, 0.29) is 0 Å². The summed E-state index contributed by atoms with van der Waals surface area (Å²) in [6.07, 6.45) is 11.9. The normalized spacial score (nSPS) is 19.5. The number of nitrogens with one attached hydrogen (secondary N) is 1. The molecule has 2 unspecified atom stereocenters. The molecule has 0 saturated heterocycles. The van der Waals surface area contributed by atoms with Crippen LogP contribution in [0.15, 0.2) is 55.1 Å². The van der Waals surface area contributed by atoms with Crippen molar-refractivity contribution < 1.29 is 0 Å². The lowest BCUT2D eigenvalue weighted by atomic mass is 9.97. The van der Waals surface area contributed by atoms with Gasteiger partial charge < -0.3 is 9.88 Å². The highest BCUT2D eigenvalue weighted by Crippen LogP contribution is 2.38. The molecule has 28 heavy (non-hydrogen) atoms. The summed E-state index contributed by atoms with van der Waals surface area (Å²) >= 11 is 0. The highest BCUT2D eigenvalue weighted by molar-refractivity contribution is 5.81. The number of anilines is 1. The fourth-order valence-electron chi connectivity index (χ4n) is 4.58. The van der Waals surface area contributed by atoms with E-state index < -0.39 is 0 Å². The first kappa shape index (κ1) is 17.2. The van der Waals surface area contributed by atoms with Gasteiger partial charge in [-0.05, 0) is 67.9 Å². The molecule has 0 amide bonds. The van der Waals surface area contributed by atoms with Crippen LogP contribution in [0.1, 0.15) is 37.3 Å². The number of pyridine rings is 1. The average Bonchev–Trinajstić information content (AvgIpc) is 3.38. The SMILES string of the molecule is CNc1ccc2ccc(CCC3CCC(n4ccc5cncnc54)C3)cc2n1. The van der Waals surface area contributed by atoms with Crippen molar-refractivity contribution in [2.24, 2.45) is 5.92 Å². The molecular formula is C23H25N5. The van der Waals surface area contributed by atoms with E-state index in [1.807, 2.05) is 19.3 Å². The van der Waals surface area contributed by atoms with E-state index in [1.165, 1.54) is 36.6 Å². The molecule has 142 valence electrons. The van der Waals surface area contributed by atoms with Crippen molar-refractivity contribution in [3.63, 3.8) is 0 Å². The average molecular weight is 371 g/mol. The summed E-state index contributed by atoms with van der Waals surface area (Å²) in [5.41, 5.74) is 3.53. The summed E-state index contributed by atoms with van der Waals surface area (Å²) < 4.78 is 2.36. The smallest absolute Gasteiger partial charge is 0.143 e. The standard InChI is InChI=1S/C23H25N5/c1-24-22-9-7-18-6-4-17(13-21(18)27-22)3-2-16-5-8-20(12-16)28-11-10-19-14-25-15-26-23(19)28/h4,6-7,9-11,13-16,20H,2-3,5,8,12H2,1H3,(H,24,27). The van der Waals surface area contributed by atoms with E-state index in [0.717, 1.165) is 34.7 Å². The van der Waals surface area contributed by atoms with Crippen molar-refractivity contribution in [3.8, 4) is 0 Å². The molecule has 1 N–H and O–H groups in total. The summed E-state index contributed by atoms with van der Waals surface area (Å²) in [5, 5.41) is 5.46. The largest absolute Gasteiger partial charge is 0.373 e. The van der Waals surface area contributed by atoms with E-state index in [2.05, 4.69) is 61.4 Å². The van der Waals surface area contributed by atoms with Crippen LogP contribution in [-0.4, -0.2) is 26.6 Å². The Morgan fingerprint density at radius 3 is 2.96 bits per heavy atom. The van der Waals surface area contributed by atoms with Gasteiger partial charge in [0, 0.05) is 36.3 Å². The number of hydrogen-bond donors (Lipinski definition) is 1. The predicted octanol–water partition coefficient (Wildman–Crippen LogP) is 5.00. The summed E-state index contributed by atoms with van der Waals surface area (Å²) in [4.78, 5) is 13.3. The van der Waals surface area contributed by atoms with E-state index in [1.54, 1.807) is 6.33 Å². The number of benzene rings is 1. The first-order chi connectivity index (χ1) is 13.8. The van der Waals surface area contributed by atoms with Gasteiger partial charge >= 0.3 is 0 Å². The van der Waals surface area contributed by atoms with Gasteiger partial charge in [-0.15, -0.1) is 0 Å². The quantitative estimate of drug-likeness (QED) is 0.537. The Bertz CT molecular complexity index is 1120. The van der Waals surface area contributed by atoms with Crippen LogP contribution in [0.25, 0.3) is 21.9 Å². The molecule has 3 aromatic heterocycles. The van der Waals surface area contributed by atoms with E-state index in [9.17, 15) is 0 Å². The second-order valence-corrected chi connectivity index (χ2v) is 7.87. The van der Waals surface area contributed by atoms with Gasteiger partial charge in [0.1, 0.15) is 17.8 Å². The lowest BCUT2D eigenvalue weighted by Crippen LogP contribution is -2.05. The van der Waals surface area contributed by atoms with E-state index in [4.69, 9.17) is 0 Å². The van der Waals surface area contributed by atoms with Crippen molar-refractivity contribution >= 4 is 27.8 Å². The van der Waals surface area contributed by atoms with Crippen LogP contribution in [0, 0.1) is 5.92 Å². The van der Waals surface area contributed by atoms with Crippen LogP contribution in [0.2, 0.25) is 0 Å². The zero-order chi connectivity index (χ0) is 18.9. The first-order valence-electron chi connectivity index (χ1n) is 10.1. The Morgan fingerprint density at radius 1 is 1.11 bits per heavy atom. The molecule has 1 saturated carbocycles. The topological polar surface area (TPSA) is 55.6 Å². The molecule has 1 fully saturated rings. The van der Waals surface area contributed by atoms with E-state index >= 15 is 0 Å². The Labute approximate surface area is 164 Å². The third kappa shape index (κ3) is 3.21. The minimum atomic E-state index is 0.564. The Kier molecular flexibility index (Phi) is 4.43. The van der Waals surface area contributed by atoms with Gasteiger partial charge in [0.15, 0.2) is 0 Å². The second-order valence-electron chi connectivity index (χ2n) is 7.87. The minimum absolute atomic E-state index is 0.564. The zero-order valence-corrected chi connectivity index (χ0v) is 16.2. The third-order valence-electron chi connectivity index (χ3n) is 6.14. The number of nitrogens with zero attached hydrogens (tertiary/aromatic N) is 4. The van der Waals surface area contributed by atoms with Crippen molar-refractivity contribution in [1.29, 1.82) is 0 Å². The number of rotatable bonds is 5. The van der Waals surface area contributed by atoms with Gasteiger partial charge in [0.2, 0.25) is 0 Å². The summed E-state index contributed by atoms with van der Waals surface area (Å²) in [5.74, 6) is 1.70. The first-order valence-corrected chi connectivity index (χ1v) is 10.1. The van der Waals surface area contributed by atoms with Crippen molar-refractivity contribution in [1.82, 2.24) is 19.5 Å². The molecule has 5 rings (SSSR count). The molecule has 1 aliphatic rings. The molecule has 0 spiro atoms. The van der Waals surface area contributed by atoms with Crippen LogP contribution >= 0.6 is 0 Å². The van der Waals surface area contributed by atoms with Crippen LogP contribution in [0.3, 0.4) is 0 Å². The number of aromatic nitrogens is 4. The Hall–Kier alpha value is -2.95. The van der Waals surface area contributed by atoms with Crippen LogP contribution < -0.4 is 5.32 Å². The summed E-state index contributed by atoms with van der Waals surface area (Å²) in [6.45, 7) is 0. The summed E-state index contributed by atoms with van der Waals surface area (Å²) in [7, 11) is 1.91. The van der Waals surface area contributed by atoms with Gasteiger partial charge in [-0.1, -0.05) is 12.1 Å². The lowest BCUT2D eigenvalue weighted by Gasteiger charge is -2.14. The molecule has 5 nitrogen and oxygen atoms in total. The van der Waals surface area contributed by atoms with Gasteiger partial charge in [0.25, 0.3) is 0 Å². The van der Waals surface area contributed by atoms with Crippen molar-refractivity contribution in [3.05, 3.63) is 60.7 Å². The molecule has 0 radical (unpaired) electrons. The predicted molar refractivity (Wildman–Crippen MR) is 114 cm³/mol. The summed E-state index contributed by atoms with van der Waals surface area (Å²) in [6, 6.07) is 13.5. The van der Waals surface area contributed by atoms with Gasteiger partial charge in [-0.2, -0.15) is 0 Å². The lowest BCUT2D eigenvalue weighted by molar-refractivity contribution is 0.461. The van der Waals surface area contributed by atoms with Crippen molar-refractivity contribution in [2.75, 3.05) is 12.4 Å². The molecule has 1 aromatic carbocycles. The van der Waals surface area contributed by atoms with Crippen molar-refractivity contribution in [2.45, 2.75) is 38.1 Å².